The van der Waals surface area contributed by atoms with E-state index in [0.29, 0.717) is 22.4 Å². The maximum atomic E-state index is 12.5. The minimum absolute atomic E-state index is 0.202. The Morgan fingerprint density at radius 2 is 1.92 bits per heavy atom. The van der Waals surface area contributed by atoms with Crippen molar-refractivity contribution in [2.45, 2.75) is 0 Å². The summed E-state index contributed by atoms with van der Waals surface area (Å²) in [6.45, 7) is 0. The van der Waals surface area contributed by atoms with E-state index in [1.54, 1.807) is 42.5 Å². The molecule has 3 rings (SSSR count). The van der Waals surface area contributed by atoms with Crippen LogP contribution in [0, 0.1) is 11.3 Å². The Morgan fingerprint density at radius 3 is 2.58 bits per heavy atom. The molecule has 118 valence electrons. The molecule has 0 radical (unpaired) electrons. The van der Waals surface area contributed by atoms with Crippen molar-refractivity contribution >= 4 is 22.6 Å². The van der Waals surface area contributed by atoms with Gasteiger partial charge in [-0.1, -0.05) is 0 Å². The lowest BCUT2D eigenvalue weighted by molar-refractivity contribution is 0.102. The van der Waals surface area contributed by atoms with Gasteiger partial charge in [-0.05, 0) is 36.4 Å². The van der Waals surface area contributed by atoms with Crippen molar-refractivity contribution in [2.75, 3.05) is 12.4 Å². The molecule has 1 heterocycles. The zero-order valence-electron chi connectivity index (χ0n) is 12.7. The van der Waals surface area contributed by atoms with Crippen LogP contribution < -0.4 is 15.7 Å². The molecule has 0 aliphatic rings. The van der Waals surface area contributed by atoms with Crippen molar-refractivity contribution in [1.82, 2.24) is 0 Å². The fourth-order valence-electron chi connectivity index (χ4n) is 2.28. The van der Waals surface area contributed by atoms with E-state index in [2.05, 4.69) is 5.32 Å². The van der Waals surface area contributed by atoms with Gasteiger partial charge in [-0.15, -0.1) is 0 Å². The molecule has 1 N–H and O–H groups in total. The summed E-state index contributed by atoms with van der Waals surface area (Å²) in [5.74, 6) is 0.0816. The molecular formula is C18H12N2O4. The van der Waals surface area contributed by atoms with Crippen LogP contribution in [0.4, 0.5) is 5.69 Å². The molecule has 0 unspecified atom stereocenters. The standard InChI is InChI=1S/C18H12N2O4/c1-23-13-6-7-14-15(9-17(21)24-16(14)8-13)18(22)20-12-4-2-11(10-19)3-5-12/h2-9H,1H3,(H,20,22). The van der Waals surface area contributed by atoms with E-state index < -0.39 is 11.5 Å². The van der Waals surface area contributed by atoms with Crippen LogP contribution in [0.25, 0.3) is 11.0 Å². The highest BCUT2D eigenvalue weighted by atomic mass is 16.5. The predicted molar refractivity (Wildman–Crippen MR) is 88.1 cm³/mol. The number of nitriles is 1. The first kappa shape index (κ1) is 15.3. The third-order valence-corrected chi connectivity index (χ3v) is 3.47. The summed E-state index contributed by atoms with van der Waals surface area (Å²) >= 11 is 0. The second kappa shape index (κ2) is 6.26. The molecule has 0 aliphatic heterocycles. The summed E-state index contributed by atoms with van der Waals surface area (Å²) in [5, 5.41) is 12.0. The van der Waals surface area contributed by atoms with Gasteiger partial charge in [0.05, 0.1) is 24.3 Å². The van der Waals surface area contributed by atoms with Crippen LogP contribution in [0.15, 0.2) is 57.7 Å². The van der Waals surface area contributed by atoms with Crippen LogP contribution in [0.5, 0.6) is 5.75 Å². The minimum atomic E-state index is -0.624. The molecular weight excluding hydrogens is 308 g/mol. The number of methoxy groups -OCH3 is 1. The highest BCUT2D eigenvalue weighted by Crippen LogP contribution is 2.23. The molecule has 3 aromatic rings. The van der Waals surface area contributed by atoms with Crippen molar-refractivity contribution in [3.05, 3.63) is 70.1 Å². The maximum Gasteiger partial charge on any atom is 0.337 e. The van der Waals surface area contributed by atoms with E-state index in [9.17, 15) is 9.59 Å². The lowest BCUT2D eigenvalue weighted by Crippen LogP contribution is -2.15. The van der Waals surface area contributed by atoms with Gasteiger partial charge in [0, 0.05) is 23.2 Å². The summed E-state index contributed by atoms with van der Waals surface area (Å²) in [7, 11) is 1.50. The lowest BCUT2D eigenvalue weighted by atomic mass is 10.1. The smallest absolute Gasteiger partial charge is 0.337 e. The van der Waals surface area contributed by atoms with Gasteiger partial charge in [-0.3, -0.25) is 4.79 Å². The molecule has 1 aromatic heterocycles. The molecule has 6 nitrogen and oxygen atoms in total. The van der Waals surface area contributed by atoms with Gasteiger partial charge in [0.1, 0.15) is 11.3 Å². The number of rotatable bonds is 3. The fourth-order valence-corrected chi connectivity index (χ4v) is 2.28. The SMILES string of the molecule is COc1ccc2c(C(=O)Nc3ccc(C#N)cc3)cc(=O)oc2c1. The largest absolute Gasteiger partial charge is 0.497 e. The van der Waals surface area contributed by atoms with E-state index in [-0.39, 0.29) is 11.1 Å². The Morgan fingerprint density at radius 1 is 1.17 bits per heavy atom. The number of carbonyl (C=O) groups excluding carboxylic acids is 1. The quantitative estimate of drug-likeness (QED) is 0.749. The normalized spacial score (nSPS) is 10.2. The Hall–Kier alpha value is -3.59. The number of fused-ring (bicyclic) bond motifs is 1. The number of carbonyl (C=O) groups is 1. The number of hydrogen-bond acceptors (Lipinski definition) is 5. The second-order valence-electron chi connectivity index (χ2n) is 4.98. The molecule has 0 saturated heterocycles. The van der Waals surface area contributed by atoms with Crippen LogP contribution in [-0.2, 0) is 0 Å². The Balaban J connectivity index is 1.99. The van der Waals surface area contributed by atoms with Crippen molar-refractivity contribution in [1.29, 1.82) is 5.26 Å². The summed E-state index contributed by atoms with van der Waals surface area (Å²) in [4.78, 5) is 24.2. The van der Waals surface area contributed by atoms with Crippen LogP contribution in [0.1, 0.15) is 15.9 Å². The van der Waals surface area contributed by atoms with Crippen LogP contribution in [-0.4, -0.2) is 13.0 Å². The van der Waals surface area contributed by atoms with Gasteiger partial charge >= 0.3 is 5.63 Å². The van der Waals surface area contributed by atoms with Gasteiger partial charge in [-0.2, -0.15) is 5.26 Å². The third kappa shape index (κ3) is 2.96. The Bertz CT molecular complexity index is 1010. The summed E-state index contributed by atoms with van der Waals surface area (Å²) in [5.41, 5.74) is 0.862. The average Bonchev–Trinajstić information content (AvgIpc) is 2.61. The van der Waals surface area contributed by atoms with Gasteiger partial charge in [-0.25, -0.2) is 4.79 Å². The summed E-state index contributed by atoms with van der Waals surface area (Å²) in [6, 6.07) is 14.5. The fraction of sp³-hybridized carbons (Fsp3) is 0.0556. The van der Waals surface area contributed by atoms with E-state index in [1.165, 1.54) is 7.11 Å². The zero-order valence-corrected chi connectivity index (χ0v) is 12.7. The Labute approximate surface area is 136 Å². The molecule has 0 bridgehead atoms. The van der Waals surface area contributed by atoms with E-state index in [1.807, 2.05) is 6.07 Å². The average molecular weight is 320 g/mol. The first-order chi connectivity index (χ1) is 11.6. The molecule has 24 heavy (non-hydrogen) atoms. The zero-order chi connectivity index (χ0) is 17.1. The highest BCUT2D eigenvalue weighted by Gasteiger charge is 2.14. The predicted octanol–water partition coefficient (Wildman–Crippen LogP) is 2.93. The molecule has 1 amide bonds. The van der Waals surface area contributed by atoms with Gasteiger partial charge in [0.25, 0.3) is 5.91 Å². The first-order valence-corrected chi connectivity index (χ1v) is 7.04. The highest BCUT2D eigenvalue weighted by molar-refractivity contribution is 6.12. The molecule has 0 aliphatic carbocycles. The molecule has 0 saturated carbocycles. The van der Waals surface area contributed by atoms with E-state index in [4.69, 9.17) is 14.4 Å². The molecule has 0 spiro atoms. The van der Waals surface area contributed by atoms with Crippen LogP contribution in [0.2, 0.25) is 0 Å². The van der Waals surface area contributed by atoms with Gasteiger partial charge < -0.3 is 14.5 Å². The minimum Gasteiger partial charge on any atom is -0.497 e. The van der Waals surface area contributed by atoms with Crippen molar-refractivity contribution in [2.24, 2.45) is 0 Å². The van der Waals surface area contributed by atoms with Crippen molar-refractivity contribution in [3.63, 3.8) is 0 Å². The van der Waals surface area contributed by atoms with E-state index >= 15 is 0 Å². The molecule has 0 fully saturated rings. The number of amides is 1. The van der Waals surface area contributed by atoms with Crippen molar-refractivity contribution < 1.29 is 13.9 Å². The topological polar surface area (TPSA) is 92.3 Å². The monoisotopic (exact) mass is 320 g/mol. The molecule has 2 aromatic carbocycles. The summed E-state index contributed by atoms with van der Waals surface area (Å²) in [6.07, 6.45) is 0. The van der Waals surface area contributed by atoms with Crippen LogP contribution >= 0.6 is 0 Å². The summed E-state index contributed by atoms with van der Waals surface area (Å²) < 4.78 is 10.2. The lowest BCUT2D eigenvalue weighted by Gasteiger charge is -2.08. The number of benzene rings is 2. The third-order valence-electron chi connectivity index (χ3n) is 3.47. The number of ether oxygens (including phenoxy) is 1. The van der Waals surface area contributed by atoms with E-state index in [0.717, 1.165) is 6.07 Å². The molecule has 0 atom stereocenters. The number of hydrogen-bond donors (Lipinski definition) is 1. The van der Waals surface area contributed by atoms with Gasteiger partial charge in [0.15, 0.2) is 0 Å². The van der Waals surface area contributed by atoms with Crippen LogP contribution in [0.3, 0.4) is 0 Å². The van der Waals surface area contributed by atoms with Crippen molar-refractivity contribution in [3.8, 4) is 11.8 Å². The number of nitrogens with one attached hydrogen (secondary N) is 1. The first-order valence-electron chi connectivity index (χ1n) is 7.04. The number of nitrogens with zero attached hydrogens (tertiary/aromatic N) is 1. The Kier molecular flexibility index (Phi) is 4.00. The maximum absolute atomic E-state index is 12.5. The number of anilines is 1. The second-order valence-corrected chi connectivity index (χ2v) is 4.98. The van der Waals surface area contributed by atoms with Gasteiger partial charge in [0.2, 0.25) is 0 Å². The molecule has 6 heteroatoms.